The Labute approximate surface area is 110 Å². The second-order valence-corrected chi connectivity index (χ2v) is 4.06. The zero-order valence-corrected chi connectivity index (χ0v) is 11.2. The van der Waals surface area contributed by atoms with E-state index in [9.17, 15) is 0 Å². The van der Waals surface area contributed by atoms with Crippen molar-refractivity contribution in [2.45, 2.75) is 26.3 Å². The SMILES string of the molecule is C=COCCCNCc1ccc(OCCC)cc1. The lowest BCUT2D eigenvalue weighted by Crippen LogP contribution is -2.15. The van der Waals surface area contributed by atoms with Gasteiger partial charge in [-0.05, 0) is 37.1 Å². The maximum atomic E-state index is 5.53. The molecule has 0 aliphatic rings. The van der Waals surface area contributed by atoms with Gasteiger partial charge in [-0.1, -0.05) is 25.6 Å². The molecule has 1 N–H and O–H groups in total. The fraction of sp³-hybridized carbons (Fsp3) is 0.467. The van der Waals surface area contributed by atoms with Gasteiger partial charge in [-0.2, -0.15) is 0 Å². The summed E-state index contributed by atoms with van der Waals surface area (Å²) < 4.78 is 10.6. The van der Waals surface area contributed by atoms with Crippen molar-refractivity contribution in [2.24, 2.45) is 0 Å². The van der Waals surface area contributed by atoms with Crippen molar-refractivity contribution >= 4 is 0 Å². The Bertz CT molecular complexity index is 322. The van der Waals surface area contributed by atoms with Gasteiger partial charge in [0.2, 0.25) is 0 Å². The second kappa shape index (κ2) is 9.54. The monoisotopic (exact) mass is 249 g/mol. The number of nitrogens with one attached hydrogen (secondary N) is 1. The van der Waals surface area contributed by atoms with Crippen LogP contribution in [0.2, 0.25) is 0 Å². The first-order valence-corrected chi connectivity index (χ1v) is 6.51. The summed E-state index contributed by atoms with van der Waals surface area (Å²) >= 11 is 0. The van der Waals surface area contributed by atoms with Gasteiger partial charge in [-0.25, -0.2) is 0 Å². The summed E-state index contributed by atoms with van der Waals surface area (Å²) in [5, 5.41) is 3.37. The molecule has 3 nitrogen and oxygen atoms in total. The Morgan fingerprint density at radius 2 is 2.00 bits per heavy atom. The molecule has 0 aliphatic carbocycles. The van der Waals surface area contributed by atoms with E-state index >= 15 is 0 Å². The maximum Gasteiger partial charge on any atom is 0.119 e. The molecule has 0 unspecified atom stereocenters. The highest BCUT2D eigenvalue weighted by Crippen LogP contribution is 2.12. The molecule has 0 atom stereocenters. The van der Waals surface area contributed by atoms with E-state index in [1.807, 2.05) is 12.1 Å². The summed E-state index contributed by atoms with van der Waals surface area (Å²) in [6.07, 6.45) is 3.51. The Morgan fingerprint density at radius 1 is 1.22 bits per heavy atom. The average molecular weight is 249 g/mol. The molecule has 0 heterocycles. The van der Waals surface area contributed by atoms with Crippen LogP contribution in [-0.2, 0) is 11.3 Å². The van der Waals surface area contributed by atoms with Crippen molar-refractivity contribution in [1.29, 1.82) is 0 Å². The zero-order chi connectivity index (χ0) is 13.1. The second-order valence-electron chi connectivity index (χ2n) is 4.06. The first kappa shape index (κ1) is 14.6. The van der Waals surface area contributed by atoms with E-state index in [1.54, 1.807) is 0 Å². The normalized spacial score (nSPS) is 10.1. The van der Waals surface area contributed by atoms with Gasteiger partial charge in [0, 0.05) is 6.54 Å². The Hall–Kier alpha value is -1.48. The molecule has 0 saturated carbocycles. The van der Waals surface area contributed by atoms with E-state index in [1.165, 1.54) is 11.8 Å². The molecule has 0 bridgehead atoms. The minimum absolute atomic E-state index is 0.723. The van der Waals surface area contributed by atoms with E-state index in [0.29, 0.717) is 0 Å². The smallest absolute Gasteiger partial charge is 0.119 e. The summed E-state index contributed by atoms with van der Waals surface area (Å²) in [5.41, 5.74) is 1.27. The largest absolute Gasteiger partial charge is 0.502 e. The summed E-state index contributed by atoms with van der Waals surface area (Å²) in [6, 6.07) is 8.23. The van der Waals surface area contributed by atoms with Crippen molar-refractivity contribution in [1.82, 2.24) is 5.32 Å². The minimum atomic E-state index is 0.723. The lowest BCUT2D eigenvalue weighted by molar-refractivity contribution is 0.244. The summed E-state index contributed by atoms with van der Waals surface area (Å²) in [5.74, 6) is 0.944. The fourth-order valence-corrected chi connectivity index (χ4v) is 1.52. The molecule has 3 heteroatoms. The predicted octanol–water partition coefficient (Wildman–Crippen LogP) is 3.12. The van der Waals surface area contributed by atoms with Crippen LogP contribution in [0.25, 0.3) is 0 Å². The van der Waals surface area contributed by atoms with Crippen LogP contribution in [-0.4, -0.2) is 19.8 Å². The van der Waals surface area contributed by atoms with E-state index < -0.39 is 0 Å². The molecular weight excluding hydrogens is 226 g/mol. The van der Waals surface area contributed by atoms with Crippen LogP contribution >= 0.6 is 0 Å². The quantitative estimate of drug-likeness (QED) is 0.510. The lowest BCUT2D eigenvalue weighted by atomic mass is 10.2. The predicted molar refractivity (Wildman–Crippen MR) is 74.7 cm³/mol. The topological polar surface area (TPSA) is 30.5 Å². The van der Waals surface area contributed by atoms with Gasteiger partial charge in [0.15, 0.2) is 0 Å². The van der Waals surface area contributed by atoms with Crippen LogP contribution in [0.3, 0.4) is 0 Å². The van der Waals surface area contributed by atoms with Crippen molar-refractivity contribution in [3.05, 3.63) is 42.7 Å². The van der Waals surface area contributed by atoms with E-state index in [0.717, 1.165) is 44.9 Å². The number of benzene rings is 1. The van der Waals surface area contributed by atoms with Crippen molar-refractivity contribution in [2.75, 3.05) is 19.8 Å². The van der Waals surface area contributed by atoms with Gasteiger partial charge in [0.25, 0.3) is 0 Å². The number of rotatable bonds is 10. The number of hydrogen-bond acceptors (Lipinski definition) is 3. The van der Waals surface area contributed by atoms with Crippen LogP contribution in [0.15, 0.2) is 37.1 Å². The molecule has 0 spiro atoms. The van der Waals surface area contributed by atoms with Crippen molar-refractivity contribution in [3.63, 3.8) is 0 Å². The summed E-state index contributed by atoms with van der Waals surface area (Å²) in [7, 11) is 0. The molecule has 0 aliphatic heterocycles. The van der Waals surface area contributed by atoms with E-state index in [2.05, 4.69) is 31.0 Å². The molecule has 1 aromatic carbocycles. The molecule has 0 amide bonds. The van der Waals surface area contributed by atoms with Crippen LogP contribution in [0.5, 0.6) is 5.75 Å². The Kier molecular flexibility index (Phi) is 7.73. The Morgan fingerprint density at radius 3 is 2.67 bits per heavy atom. The average Bonchev–Trinajstić information content (AvgIpc) is 2.42. The standard InChI is InChI=1S/C15H23NO2/c1-3-11-18-15-8-6-14(7-9-15)13-16-10-5-12-17-4-2/h4,6-9,16H,2-3,5,10-13H2,1H3. The first-order valence-electron chi connectivity index (χ1n) is 6.51. The lowest BCUT2D eigenvalue weighted by Gasteiger charge is -2.07. The highest BCUT2D eigenvalue weighted by atomic mass is 16.5. The summed E-state index contributed by atoms with van der Waals surface area (Å²) in [6.45, 7) is 8.93. The van der Waals surface area contributed by atoms with Gasteiger partial charge >= 0.3 is 0 Å². The zero-order valence-electron chi connectivity index (χ0n) is 11.2. The molecule has 0 aromatic heterocycles. The molecule has 18 heavy (non-hydrogen) atoms. The van der Waals surface area contributed by atoms with Gasteiger partial charge in [-0.15, -0.1) is 0 Å². The third-order valence-corrected chi connectivity index (χ3v) is 2.46. The van der Waals surface area contributed by atoms with E-state index in [4.69, 9.17) is 9.47 Å². The highest BCUT2D eigenvalue weighted by molar-refractivity contribution is 5.27. The van der Waals surface area contributed by atoms with E-state index in [-0.39, 0.29) is 0 Å². The Balaban J connectivity index is 2.16. The molecule has 100 valence electrons. The van der Waals surface area contributed by atoms with Crippen LogP contribution in [0.1, 0.15) is 25.3 Å². The maximum absolute atomic E-state index is 5.53. The van der Waals surface area contributed by atoms with Gasteiger partial charge in [-0.3, -0.25) is 0 Å². The molecule has 0 fully saturated rings. The third-order valence-electron chi connectivity index (χ3n) is 2.46. The molecular formula is C15H23NO2. The van der Waals surface area contributed by atoms with Gasteiger partial charge in [0.05, 0.1) is 19.5 Å². The van der Waals surface area contributed by atoms with Crippen LogP contribution < -0.4 is 10.1 Å². The van der Waals surface area contributed by atoms with Crippen LogP contribution in [0, 0.1) is 0 Å². The van der Waals surface area contributed by atoms with Crippen LogP contribution in [0.4, 0.5) is 0 Å². The highest BCUT2D eigenvalue weighted by Gasteiger charge is 1.95. The molecule has 0 radical (unpaired) electrons. The minimum Gasteiger partial charge on any atom is -0.502 e. The van der Waals surface area contributed by atoms with Gasteiger partial charge in [0.1, 0.15) is 5.75 Å². The fourth-order valence-electron chi connectivity index (χ4n) is 1.52. The third kappa shape index (κ3) is 6.30. The molecule has 1 rings (SSSR count). The van der Waals surface area contributed by atoms with Gasteiger partial charge < -0.3 is 14.8 Å². The molecule has 1 aromatic rings. The molecule has 0 saturated heterocycles. The summed E-state index contributed by atoms with van der Waals surface area (Å²) in [4.78, 5) is 0. The number of hydrogen-bond donors (Lipinski definition) is 1. The number of ether oxygens (including phenoxy) is 2. The van der Waals surface area contributed by atoms with Crippen molar-refractivity contribution in [3.8, 4) is 5.75 Å². The van der Waals surface area contributed by atoms with Crippen molar-refractivity contribution < 1.29 is 9.47 Å². The first-order chi connectivity index (χ1) is 8.86.